The third kappa shape index (κ3) is 4.52. The highest BCUT2D eigenvalue weighted by atomic mass is 16.5. The number of primary amides is 1. The van der Waals surface area contributed by atoms with Gasteiger partial charge in [0.1, 0.15) is 5.75 Å². The highest BCUT2D eigenvalue weighted by Crippen LogP contribution is 2.17. The predicted molar refractivity (Wildman–Crippen MR) is 62.3 cm³/mol. The first-order chi connectivity index (χ1) is 7.99. The summed E-state index contributed by atoms with van der Waals surface area (Å²) in [6.07, 6.45) is 0. The van der Waals surface area contributed by atoms with Gasteiger partial charge in [0.15, 0.2) is 6.61 Å². The minimum Gasteiger partial charge on any atom is -0.484 e. The van der Waals surface area contributed by atoms with E-state index in [1.54, 1.807) is 18.2 Å². The lowest BCUT2D eigenvalue weighted by Gasteiger charge is -2.09. The lowest BCUT2D eigenvalue weighted by Crippen LogP contribution is -2.38. The van der Waals surface area contributed by atoms with Gasteiger partial charge in [0.25, 0.3) is 5.91 Å². The van der Waals surface area contributed by atoms with Crippen molar-refractivity contribution < 1.29 is 14.3 Å². The molecule has 6 nitrogen and oxygen atoms in total. The van der Waals surface area contributed by atoms with Gasteiger partial charge < -0.3 is 16.2 Å². The molecule has 0 bridgehead atoms. The van der Waals surface area contributed by atoms with Gasteiger partial charge in [0.05, 0.1) is 0 Å². The zero-order valence-corrected chi connectivity index (χ0v) is 9.47. The molecule has 92 valence electrons. The quantitative estimate of drug-likeness (QED) is 0.699. The van der Waals surface area contributed by atoms with Crippen molar-refractivity contribution >= 4 is 11.9 Å². The molecule has 17 heavy (non-hydrogen) atoms. The fraction of sp³-hybridized carbons (Fsp3) is 0.273. The number of hydrogen-bond acceptors (Lipinski definition) is 4. The van der Waals surface area contributed by atoms with Gasteiger partial charge in [0, 0.05) is 6.04 Å². The number of carbonyl (C=O) groups excluding carboxylic acids is 2. The maximum atomic E-state index is 11.1. The van der Waals surface area contributed by atoms with Crippen molar-refractivity contribution in [1.82, 2.24) is 5.32 Å². The van der Waals surface area contributed by atoms with Crippen LogP contribution in [-0.2, 0) is 4.79 Å². The molecule has 0 saturated carbocycles. The summed E-state index contributed by atoms with van der Waals surface area (Å²) in [5.41, 5.74) is 11.4. The first kappa shape index (κ1) is 13.0. The molecule has 0 aliphatic carbocycles. The molecular weight excluding hydrogens is 222 g/mol. The van der Waals surface area contributed by atoms with Crippen molar-refractivity contribution in [2.75, 3.05) is 6.61 Å². The molecule has 1 aromatic carbocycles. The molecule has 0 aliphatic heterocycles. The minimum atomic E-state index is -0.900. The van der Waals surface area contributed by atoms with Gasteiger partial charge in [-0.3, -0.25) is 10.1 Å². The first-order valence-electron chi connectivity index (χ1n) is 5.06. The molecule has 1 aromatic rings. The largest absolute Gasteiger partial charge is 0.484 e. The van der Waals surface area contributed by atoms with Crippen LogP contribution in [0.15, 0.2) is 24.3 Å². The molecule has 0 aliphatic rings. The van der Waals surface area contributed by atoms with Crippen molar-refractivity contribution in [3.63, 3.8) is 0 Å². The van der Waals surface area contributed by atoms with Crippen LogP contribution < -0.4 is 21.5 Å². The maximum absolute atomic E-state index is 11.1. The fourth-order valence-corrected chi connectivity index (χ4v) is 1.21. The van der Waals surface area contributed by atoms with Gasteiger partial charge in [-0.25, -0.2) is 4.79 Å². The van der Waals surface area contributed by atoms with Crippen molar-refractivity contribution in [3.05, 3.63) is 29.8 Å². The zero-order valence-electron chi connectivity index (χ0n) is 9.47. The Labute approximate surface area is 98.9 Å². The molecule has 1 atom stereocenters. The molecule has 0 radical (unpaired) electrons. The van der Waals surface area contributed by atoms with Crippen molar-refractivity contribution in [1.29, 1.82) is 0 Å². The molecule has 0 aromatic heterocycles. The SMILES string of the molecule is C[C@H](N)c1cccc(OCC(=O)NC(N)=O)c1. The van der Waals surface area contributed by atoms with Crippen molar-refractivity contribution in [2.45, 2.75) is 13.0 Å². The summed E-state index contributed by atoms with van der Waals surface area (Å²) in [5, 5.41) is 1.90. The number of urea groups is 1. The molecule has 0 unspecified atom stereocenters. The van der Waals surface area contributed by atoms with E-state index < -0.39 is 11.9 Å². The lowest BCUT2D eigenvalue weighted by atomic mass is 10.1. The number of nitrogens with two attached hydrogens (primary N) is 2. The van der Waals surface area contributed by atoms with E-state index in [2.05, 4.69) is 0 Å². The molecule has 0 saturated heterocycles. The molecule has 3 amide bonds. The summed E-state index contributed by atoms with van der Waals surface area (Å²) in [5.74, 6) is -0.0804. The second-order valence-electron chi connectivity index (χ2n) is 3.56. The summed E-state index contributed by atoms with van der Waals surface area (Å²) in [4.78, 5) is 21.5. The topological polar surface area (TPSA) is 107 Å². The summed E-state index contributed by atoms with van der Waals surface area (Å²) >= 11 is 0. The van der Waals surface area contributed by atoms with Crippen LogP contribution in [0.4, 0.5) is 4.79 Å². The second-order valence-corrected chi connectivity index (χ2v) is 3.56. The number of carbonyl (C=O) groups is 2. The number of nitrogens with one attached hydrogen (secondary N) is 1. The van der Waals surface area contributed by atoms with Gasteiger partial charge >= 0.3 is 6.03 Å². The number of ether oxygens (including phenoxy) is 1. The van der Waals surface area contributed by atoms with E-state index in [0.29, 0.717) is 5.75 Å². The molecule has 1 rings (SSSR count). The Bertz CT molecular complexity index is 418. The van der Waals surface area contributed by atoms with E-state index in [1.165, 1.54) is 0 Å². The van der Waals surface area contributed by atoms with E-state index in [9.17, 15) is 9.59 Å². The van der Waals surface area contributed by atoms with Gasteiger partial charge in [-0.1, -0.05) is 12.1 Å². The normalized spacial score (nSPS) is 11.6. The number of imide groups is 1. The Morgan fingerprint density at radius 1 is 1.47 bits per heavy atom. The van der Waals surface area contributed by atoms with Crippen LogP contribution in [0.2, 0.25) is 0 Å². The van der Waals surface area contributed by atoms with Crippen LogP contribution in [0.3, 0.4) is 0 Å². The monoisotopic (exact) mass is 237 g/mol. The van der Waals surface area contributed by atoms with E-state index in [4.69, 9.17) is 16.2 Å². The average molecular weight is 237 g/mol. The predicted octanol–water partition coefficient (Wildman–Crippen LogP) is 0.280. The number of amides is 3. The van der Waals surface area contributed by atoms with Crippen LogP contribution in [-0.4, -0.2) is 18.5 Å². The van der Waals surface area contributed by atoms with E-state index in [-0.39, 0.29) is 12.6 Å². The average Bonchev–Trinajstić information content (AvgIpc) is 2.26. The molecule has 0 heterocycles. The molecule has 0 fully saturated rings. The maximum Gasteiger partial charge on any atom is 0.318 e. The summed E-state index contributed by atoms with van der Waals surface area (Å²) < 4.78 is 5.18. The van der Waals surface area contributed by atoms with Gasteiger partial charge in [0.2, 0.25) is 0 Å². The van der Waals surface area contributed by atoms with Crippen LogP contribution in [0.1, 0.15) is 18.5 Å². The van der Waals surface area contributed by atoms with Gasteiger partial charge in [-0.2, -0.15) is 0 Å². The van der Waals surface area contributed by atoms with Crippen LogP contribution in [0.25, 0.3) is 0 Å². The Morgan fingerprint density at radius 3 is 2.76 bits per heavy atom. The van der Waals surface area contributed by atoms with Crippen LogP contribution in [0, 0.1) is 0 Å². The minimum absolute atomic E-state index is 0.113. The third-order valence-electron chi connectivity index (χ3n) is 2.02. The van der Waals surface area contributed by atoms with E-state index in [0.717, 1.165) is 5.56 Å². The molecular formula is C11H15N3O3. The number of rotatable bonds is 4. The Kier molecular flexibility index (Phi) is 4.47. The zero-order chi connectivity index (χ0) is 12.8. The molecule has 5 N–H and O–H groups in total. The molecule has 6 heteroatoms. The van der Waals surface area contributed by atoms with Crippen molar-refractivity contribution in [2.24, 2.45) is 11.5 Å². The third-order valence-corrected chi connectivity index (χ3v) is 2.02. The fourth-order valence-electron chi connectivity index (χ4n) is 1.21. The van der Waals surface area contributed by atoms with Crippen LogP contribution >= 0.6 is 0 Å². The Morgan fingerprint density at radius 2 is 2.18 bits per heavy atom. The number of benzene rings is 1. The van der Waals surface area contributed by atoms with Crippen LogP contribution in [0.5, 0.6) is 5.75 Å². The Hall–Kier alpha value is -2.08. The Balaban J connectivity index is 2.54. The lowest BCUT2D eigenvalue weighted by molar-refractivity contribution is -0.121. The highest BCUT2D eigenvalue weighted by Gasteiger charge is 2.06. The smallest absolute Gasteiger partial charge is 0.318 e. The van der Waals surface area contributed by atoms with Gasteiger partial charge in [-0.15, -0.1) is 0 Å². The summed E-state index contributed by atoms with van der Waals surface area (Å²) in [7, 11) is 0. The van der Waals surface area contributed by atoms with Gasteiger partial charge in [-0.05, 0) is 24.6 Å². The van der Waals surface area contributed by atoms with E-state index >= 15 is 0 Å². The summed E-state index contributed by atoms with van der Waals surface area (Å²) in [6, 6.07) is 6.06. The standard InChI is InChI=1S/C11H15N3O3/c1-7(12)8-3-2-4-9(5-8)17-6-10(15)14-11(13)16/h2-5,7H,6,12H2,1H3,(H3,13,14,15,16)/t7-/m0/s1. The highest BCUT2D eigenvalue weighted by molar-refractivity contribution is 5.94. The van der Waals surface area contributed by atoms with E-state index in [1.807, 2.05) is 18.3 Å². The molecule has 0 spiro atoms. The summed E-state index contributed by atoms with van der Waals surface area (Å²) in [6.45, 7) is 1.57. The second kappa shape index (κ2) is 5.86. The van der Waals surface area contributed by atoms with Crippen molar-refractivity contribution in [3.8, 4) is 5.75 Å². The number of hydrogen-bond donors (Lipinski definition) is 3. The first-order valence-corrected chi connectivity index (χ1v) is 5.06.